The number of amides is 2. The van der Waals surface area contributed by atoms with Crippen LogP contribution in [-0.4, -0.2) is 30.3 Å². The lowest BCUT2D eigenvalue weighted by molar-refractivity contribution is -0.161. The quantitative estimate of drug-likeness (QED) is 0.830. The van der Waals surface area contributed by atoms with Gasteiger partial charge >= 0.3 is 12.3 Å². The molecule has 0 aliphatic heterocycles. The van der Waals surface area contributed by atoms with Gasteiger partial charge in [-0.15, -0.1) is 0 Å². The molecule has 8 heteroatoms. The molecule has 0 radical (unpaired) electrons. The molecule has 0 fully saturated rings. The van der Waals surface area contributed by atoms with Crippen molar-refractivity contribution in [3.63, 3.8) is 0 Å². The Morgan fingerprint density at radius 3 is 2.17 bits per heavy atom. The summed E-state index contributed by atoms with van der Waals surface area (Å²) in [6.07, 6.45) is -7.51. The van der Waals surface area contributed by atoms with Crippen LogP contribution in [0, 0.1) is 12.8 Å². The van der Waals surface area contributed by atoms with Gasteiger partial charge in [-0.05, 0) is 25.0 Å². The summed E-state index contributed by atoms with van der Waals surface area (Å²) in [5.74, 6) is -1.24. The van der Waals surface area contributed by atoms with E-state index in [4.69, 9.17) is 10.5 Å². The van der Waals surface area contributed by atoms with Crippen molar-refractivity contribution in [3.05, 3.63) is 35.4 Å². The number of hydrogen-bond acceptors (Lipinski definition) is 3. The van der Waals surface area contributed by atoms with Gasteiger partial charge in [-0.2, -0.15) is 13.2 Å². The predicted molar refractivity (Wildman–Crippen MR) is 82.4 cm³/mol. The summed E-state index contributed by atoms with van der Waals surface area (Å²) in [6.45, 7) is 5.00. The van der Waals surface area contributed by atoms with Crippen LogP contribution in [0.1, 0.15) is 36.2 Å². The summed E-state index contributed by atoms with van der Waals surface area (Å²) >= 11 is 0. The minimum Gasteiger partial charge on any atom is -0.446 e. The Bertz CT molecular complexity index is 571. The van der Waals surface area contributed by atoms with Gasteiger partial charge in [0.2, 0.25) is 0 Å². The fourth-order valence-electron chi connectivity index (χ4n) is 2.06. The maximum Gasteiger partial charge on any atom is 0.408 e. The number of carbonyl (C=O) groups is 2. The number of rotatable bonds is 6. The lowest BCUT2D eigenvalue weighted by Crippen LogP contribution is -2.48. The number of aryl methyl sites for hydroxylation is 1. The van der Waals surface area contributed by atoms with Crippen molar-refractivity contribution in [1.82, 2.24) is 5.32 Å². The number of primary amides is 1. The monoisotopic (exact) mass is 346 g/mol. The van der Waals surface area contributed by atoms with E-state index in [1.54, 1.807) is 32.9 Å². The van der Waals surface area contributed by atoms with E-state index in [-0.39, 0.29) is 5.56 Å². The highest BCUT2D eigenvalue weighted by molar-refractivity contribution is 5.94. The number of alkyl halides is 3. The van der Waals surface area contributed by atoms with E-state index < -0.39 is 42.7 Å². The number of benzene rings is 1. The third kappa shape index (κ3) is 6.10. The number of hydrogen-bond donors (Lipinski definition) is 2. The van der Waals surface area contributed by atoms with Crippen molar-refractivity contribution in [1.29, 1.82) is 0 Å². The van der Waals surface area contributed by atoms with Crippen LogP contribution in [0.5, 0.6) is 0 Å². The van der Waals surface area contributed by atoms with Crippen molar-refractivity contribution in [2.45, 2.75) is 45.5 Å². The lowest BCUT2D eigenvalue weighted by atomic mass is 9.98. The molecule has 0 aromatic heterocycles. The van der Waals surface area contributed by atoms with Crippen LogP contribution in [0.2, 0.25) is 0 Å². The van der Waals surface area contributed by atoms with E-state index in [9.17, 15) is 22.8 Å². The number of ether oxygens (including phenoxy) is 1. The van der Waals surface area contributed by atoms with E-state index in [0.717, 1.165) is 5.56 Å². The Hall–Kier alpha value is -2.25. The van der Waals surface area contributed by atoms with Gasteiger partial charge in [0.15, 0.2) is 0 Å². The van der Waals surface area contributed by atoms with Crippen molar-refractivity contribution in [2.24, 2.45) is 11.7 Å². The smallest absolute Gasteiger partial charge is 0.408 e. The maximum atomic E-state index is 13.2. The number of nitrogens with two attached hydrogens (primary N) is 1. The zero-order valence-corrected chi connectivity index (χ0v) is 13.7. The number of nitrogens with one attached hydrogen (secondary N) is 1. The first-order chi connectivity index (χ1) is 11.0. The van der Waals surface area contributed by atoms with Gasteiger partial charge in [-0.1, -0.05) is 31.5 Å². The third-order valence-electron chi connectivity index (χ3n) is 3.49. The highest BCUT2D eigenvalue weighted by Gasteiger charge is 2.43. The van der Waals surface area contributed by atoms with Crippen molar-refractivity contribution in [2.75, 3.05) is 0 Å². The van der Waals surface area contributed by atoms with E-state index in [1.807, 2.05) is 5.32 Å². The fourth-order valence-corrected chi connectivity index (χ4v) is 2.06. The van der Waals surface area contributed by atoms with E-state index >= 15 is 0 Å². The Kier molecular flexibility index (Phi) is 6.62. The first-order valence-electron chi connectivity index (χ1n) is 7.41. The minimum absolute atomic E-state index is 0.117. The molecule has 5 nitrogen and oxygen atoms in total. The zero-order valence-electron chi connectivity index (χ0n) is 13.7. The minimum atomic E-state index is -4.69. The van der Waals surface area contributed by atoms with Gasteiger partial charge in [-0.3, -0.25) is 4.79 Å². The van der Waals surface area contributed by atoms with Crippen LogP contribution in [0.3, 0.4) is 0 Å². The molecule has 3 N–H and O–H groups in total. The molecule has 0 heterocycles. The third-order valence-corrected chi connectivity index (χ3v) is 3.49. The van der Waals surface area contributed by atoms with Crippen LogP contribution in [0.25, 0.3) is 0 Å². The molecule has 24 heavy (non-hydrogen) atoms. The normalized spacial score (nSPS) is 14.1. The topological polar surface area (TPSA) is 81.4 Å². The lowest BCUT2D eigenvalue weighted by Gasteiger charge is -2.28. The van der Waals surface area contributed by atoms with Gasteiger partial charge in [-0.25, -0.2) is 4.79 Å². The van der Waals surface area contributed by atoms with Gasteiger partial charge in [0.1, 0.15) is 12.1 Å². The zero-order chi connectivity index (χ0) is 18.5. The molecule has 1 rings (SSSR count). The first-order valence-corrected chi connectivity index (χ1v) is 7.41. The average molecular weight is 346 g/mol. The summed E-state index contributed by atoms with van der Waals surface area (Å²) in [6, 6.07) is 3.99. The van der Waals surface area contributed by atoms with Gasteiger partial charge in [0.25, 0.3) is 5.91 Å². The Morgan fingerprint density at radius 2 is 1.75 bits per heavy atom. The first kappa shape index (κ1) is 19.8. The van der Waals surface area contributed by atoms with Gasteiger partial charge in [0.05, 0.1) is 0 Å². The van der Waals surface area contributed by atoms with E-state index in [2.05, 4.69) is 0 Å². The molecule has 2 unspecified atom stereocenters. The molecule has 0 aliphatic carbocycles. The summed E-state index contributed by atoms with van der Waals surface area (Å²) in [4.78, 5) is 22.9. The number of halogens is 3. The molecule has 134 valence electrons. The molecule has 0 saturated carbocycles. The molecule has 0 spiro atoms. The Morgan fingerprint density at radius 1 is 1.21 bits per heavy atom. The molecule has 1 aromatic carbocycles. The molecule has 2 atom stereocenters. The standard InChI is InChI=1S/C16H21F3N2O3/c1-9(2)12(24-15(20)23)8-13(16(17,18)19)21-14(22)11-6-4-10(3)5-7-11/h4-7,9,12-13H,8H2,1-3H3,(H2,20,23)(H,21,22). The second-order valence-corrected chi connectivity index (χ2v) is 5.89. The van der Waals surface area contributed by atoms with Crippen LogP contribution >= 0.6 is 0 Å². The average Bonchev–Trinajstić information content (AvgIpc) is 2.44. The van der Waals surface area contributed by atoms with Crippen LogP contribution in [-0.2, 0) is 4.74 Å². The number of carbonyl (C=O) groups excluding carboxylic acids is 2. The molecule has 0 aliphatic rings. The largest absolute Gasteiger partial charge is 0.446 e. The van der Waals surface area contributed by atoms with Crippen molar-refractivity contribution < 1.29 is 27.5 Å². The highest BCUT2D eigenvalue weighted by Crippen LogP contribution is 2.26. The molecular formula is C16H21F3N2O3. The molecule has 2 amide bonds. The van der Waals surface area contributed by atoms with Crippen LogP contribution < -0.4 is 11.1 Å². The summed E-state index contributed by atoms with van der Waals surface area (Å²) in [5, 5.41) is 1.96. The van der Waals surface area contributed by atoms with Crippen molar-refractivity contribution in [3.8, 4) is 0 Å². The van der Waals surface area contributed by atoms with Gasteiger partial charge in [0, 0.05) is 12.0 Å². The Balaban J connectivity index is 2.90. The van der Waals surface area contributed by atoms with Crippen molar-refractivity contribution >= 4 is 12.0 Å². The second kappa shape index (κ2) is 8.03. The summed E-state index contributed by atoms with van der Waals surface area (Å²) < 4.78 is 44.4. The van der Waals surface area contributed by atoms with Crippen LogP contribution in [0.4, 0.5) is 18.0 Å². The molecular weight excluding hydrogens is 325 g/mol. The maximum absolute atomic E-state index is 13.2. The van der Waals surface area contributed by atoms with E-state index in [1.165, 1.54) is 12.1 Å². The summed E-state index contributed by atoms with van der Waals surface area (Å²) in [7, 11) is 0. The fraction of sp³-hybridized carbons (Fsp3) is 0.500. The molecule has 1 aromatic rings. The molecule has 0 saturated heterocycles. The second-order valence-electron chi connectivity index (χ2n) is 5.89. The highest BCUT2D eigenvalue weighted by atomic mass is 19.4. The Labute approximate surface area is 138 Å². The SMILES string of the molecule is Cc1ccc(C(=O)NC(CC(OC(N)=O)C(C)C)C(F)(F)F)cc1. The van der Waals surface area contributed by atoms with E-state index in [0.29, 0.717) is 0 Å². The van der Waals surface area contributed by atoms with Crippen LogP contribution in [0.15, 0.2) is 24.3 Å². The van der Waals surface area contributed by atoms with Gasteiger partial charge < -0.3 is 15.8 Å². The summed E-state index contributed by atoms with van der Waals surface area (Å²) in [5.41, 5.74) is 5.89. The molecule has 0 bridgehead atoms. The predicted octanol–water partition coefficient (Wildman–Crippen LogP) is 3.17.